The summed E-state index contributed by atoms with van der Waals surface area (Å²) in [6.07, 6.45) is -1.79. The maximum Gasteiger partial charge on any atom is 0.191 e. The second-order valence-electron chi connectivity index (χ2n) is 7.56. The molecule has 0 spiro atoms. The Bertz CT molecular complexity index is 1060. The van der Waals surface area contributed by atoms with Gasteiger partial charge in [-0.1, -0.05) is 12.1 Å². The molecule has 0 aromatic heterocycles. The number of ether oxygens (including phenoxy) is 1. The van der Waals surface area contributed by atoms with Crippen molar-refractivity contribution >= 4 is 9.84 Å². The minimum Gasteiger partial charge on any atom is -0.487 e. The summed E-state index contributed by atoms with van der Waals surface area (Å²) >= 11 is 0. The Hall–Kier alpha value is -2.10. The summed E-state index contributed by atoms with van der Waals surface area (Å²) in [7, 11) is -4.51. The SMILES string of the molecule is O=S(=O)(c1ccc(CF)cc1)[C@@]12CC[C@@H](O)C[C@@]1(O)COc1c(F)ccc(F)c12. The smallest absolute Gasteiger partial charge is 0.191 e. The molecular formula is C20H19F3O5S. The Morgan fingerprint density at radius 2 is 1.76 bits per heavy atom. The molecule has 0 bridgehead atoms. The highest BCUT2D eigenvalue weighted by Crippen LogP contribution is 2.58. The van der Waals surface area contributed by atoms with E-state index in [1.54, 1.807) is 0 Å². The van der Waals surface area contributed by atoms with Crippen molar-refractivity contribution in [3.63, 3.8) is 0 Å². The van der Waals surface area contributed by atoms with E-state index in [1.165, 1.54) is 24.3 Å². The minimum atomic E-state index is -4.51. The van der Waals surface area contributed by atoms with Gasteiger partial charge in [0.2, 0.25) is 0 Å². The van der Waals surface area contributed by atoms with E-state index in [0.29, 0.717) is 0 Å². The van der Waals surface area contributed by atoms with E-state index < -0.39 is 62.5 Å². The zero-order valence-corrected chi connectivity index (χ0v) is 16.1. The van der Waals surface area contributed by atoms with Gasteiger partial charge in [-0.15, -0.1) is 0 Å². The third-order valence-corrected chi connectivity index (χ3v) is 8.52. The van der Waals surface area contributed by atoms with Crippen LogP contribution in [-0.2, 0) is 21.3 Å². The number of benzene rings is 2. The molecule has 5 nitrogen and oxygen atoms in total. The second kappa shape index (κ2) is 6.72. The first-order valence-corrected chi connectivity index (χ1v) is 10.6. The standard InChI is InChI=1S/C20H19F3O5S/c21-10-12-1-3-14(4-2-12)29(26,27)20-8-7-13(24)9-19(20,25)11-28-18-16(23)6-5-15(22)17(18)20/h1-6,13,24-25H,7-11H2/t13-,19-,20-/m1/s1. The quantitative estimate of drug-likeness (QED) is 0.786. The Balaban J connectivity index is 2.04. The number of hydrogen-bond donors (Lipinski definition) is 2. The van der Waals surface area contributed by atoms with Crippen LogP contribution >= 0.6 is 0 Å². The molecule has 2 aromatic carbocycles. The molecule has 2 aromatic rings. The van der Waals surface area contributed by atoms with E-state index in [4.69, 9.17) is 4.74 Å². The third-order valence-electron chi connectivity index (χ3n) is 5.92. The van der Waals surface area contributed by atoms with Gasteiger partial charge >= 0.3 is 0 Å². The molecule has 1 aliphatic carbocycles. The first kappa shape index (κ1) is 20.2. The number of rotatable bonds is 3. The van der Waals surface area contributed by atoms with Crippen molar-refractivity contribution in [2.24, 2.45) is 0 Å². The third kappa shape index (κ3) is 2.71. The van der Waals surface area contributed by atoms with Crippen molar-refractivity contribution in [2.45, 2.75) is 47.3 Å². The van der Waals surface area contributed by atoms with E-state index in [-0.39, 0.29) is 29.7 Å². The fourth-order valence-electron chi connectivity index (χ4n) is 4.51. The molecule has 1 fully saturated rings. The molecule has 156 valence electrons. The lowest BCUT2D eigenvalue weighted by Gasteiger charge is -2.53. The summed E-state index contributed by atoms with van der Waals surface area (Å²) in [4.78, 5) is -0.263. The molecule has 2 N–H and O–H groups in total. The van der Waals surface area contributed by atoms with Crippen LogP contribution in [0.3, 0.4) is 0 Å². The van der Waals surface area contributed by atoms with Crippen molar-refractivity contribution < 1.29 is 36.5 Å². The molecular weight excluding hydrogens is 409 g/mol. The molecule has 1 saturated carbocycles. The summed E-state index contributed by atoms with van der Waals surface area (Å²) in [5, 5.41) is 21.4. The minimum absolute atomic E-state index is 0.0422. The molecule has 3 atom stereocenters. The first-order chi connectivity index (χ1) is 13.7. The van der Waals surface area contributed by atoms with E-state index in [0.717, 1.165) is 12.1 Å². The fourth-order valence-corrected chi connectivity index (χ4v) is 6.90. The highest BCUT2D eigenvalue weighted by atomic mass is 32.2. The maximum absolute atomic E-state index is 15.0. The molecule has 0 unspecified atom stereocenters. The zero-order valence-electron chi connectivity index (χ0n) is 15.2. The number of hydrogen-bond acceptors (Lipinski definition) is 5. The maximum atomic E-state index is 15.0. The zero-order chi connectivity index (χ0) is 21.0. The van der Waals surface area contributed by atoms with Gasteiger partial charge in [0.25, 0.3) is 0 Å². The van der Waals surface area contributed by atoms with Gasteiger partial charge in [0.05, 0.1) is 16.6 Å². The van der Waals surface area contributed by atoms with Crippen molar-refractivity contribution in [1.82, 2.24) is 0 Å². The average Bonchev–Trinajstić information content (AvgIpc) is 2.69. The van der Waals surface area contributed by atoms with E-state index in [1.807, 2.05) is 0 Å². The molecule has 0 amide bonds. The predicted molar refractivity (Wildman–Crippen MR) is 96.8 cm³/mol. The Labute approximate surface area is 165 Å². The number of aliphatic hydroxyl groups is 2. The predicted octanol–water partition coefficient (Wildman–Crippen LogP) is 2.77. The van der Waals surface area contributed by atoms with E-state index >= 15 is 0 Å². The molecule has 1 heterocycles. The molecule has 2 aliphatic rings. The summed E-state index contributed by atoms with van der Waals surface area (Å²) in [6.45, 7) is -1.42. The van der Waals surface area contributed by atoms with Crippen LogP contribution in [0.25, 0.3) is 0 Å². The molecule has 0 saturated heterocycles. The second-order valence-corrected chi connectivity index (χ2v) is 9.73. The van der Waals surface area contributed by atoms with Crippen LogP contribution in [0.1, 0.15) is 30.4 Å². The summed E-state index contributed by atoms with van der Waals surface area (Å²) < 4.78 is 72.8. The van der Waals surface area contributed by atoms with Gasteiger partial charge in [0.15, 0.2) is 21.4 Å². The normalized spacial score (nSPS) is 28.9. The van der Waals surface area contributed by atoms with Gasteiger partial charge in [-0.3, -0.25) is 0 Å². The monoisotopic (exact) mass is 428 g/mol. The lowest BCUT2D eigenvalue weighted by atomic mass is 9.68. The Morgan fingerprint density at radius 3 is 2.41 bits per heavy atom. The lowest BCUT2D eigenvalue weighted by molar-refractivity contribution is -0.113. The summed E-state index contributed by atoms with van der Waals surface area (Å²) in [5.74, 6) is -2.54. The topological polar surface area (TPSA) is 83.8 Å². The van der Waals surface area contributed by atoms with Gasteiger partial charge in [0.1, 0.15) is 29.4 Å². The Morgan fingerprint density at radius 1 is 1.10 bits per heavy atom. The fraction of sp³-hybridized carbons (Fsp3) is 0.400. The molecule has 9 heteroatoms. The van der Waals surface area contributed by atoms with E-state index in [9.17, 15) is 31.8 Å². The van der Waals surface area contributed by atoms with Crippen LogP contribution in [0.4, 0.5) is 13.2 Å². The van der Waals surface area contributed by atoms with Crippen LogP contribution in [-0.4, -0.2) is 36.9 Å². The number of aliphatic hydroxyl groups excluding tert-OH is 1. The van der Waals surface area contributed by atoms with Gasteiger partial charge in [-0.25, -0.2) is 21.6 Å². The van der Waals surface area contributed by atoms with Crippen molar-refractivity contribution in [1.29, 1.82) is 0 Å². The highest BCUT2D eigenvalue weighted by molar-refractivity contribution is 7.92. The molecule has 1 aliphatic heterocycles. The number of halogens is 3. The highest BCUT2D eigenvalue weighted by Gasteiger charge is 2.67. The van der Waals surface area contributed by atoms with Crippen LogP contribution in [0, 0.1) is 11.6 Å². The van der Waals surface area contributed by atoms with Crippen LogP contribution in [0.15, 0.2) is 41.3 Å². The van der Waals surface area contributed by atoms with Gasteiger partial charge in [0, 0.05) is 6.42 Å². The molecule has 0 radical (unpaired) electrons. The largest absolute Gasteiger partial charge is 0.487 e. The van der Waals surface area contributed by atoms with Crippen LogP contribution in [0.5, 0.6) is 5.75 Å². The number of fused-ring (bicyclic) bond motifs is 3. The van der Waals surface area contributed by atoms with Crippen molar-refractivity contribution in [3.8, 4) is 5.75 Å². The van der Waals surface area contributed by atoms with Crippen LogP contribution < -0.4 is 4.74 Å². The molecule has 29 heavy (non-hydrogen) atoms. The molecule has 4 rings (SSSR count). The van der Waals surface area contributed by atoms with E-state index in [2.05, 4.69) is 0 Å². The van der Waals surface area contributed by atoms with Gasteiger partial charge in [-0.2, -0.15) is 0 Å². The van der Waals surface area contributed by atoms with Crippen LogP contribution in [0.2, 0.25) is 0 Å². The average molecular weight is 428 g/mol. The number of sulfone groups is 1. The Kier molecular flexibility index (Phi) is 4.67. The van der Waals surface area contributed by atoms with Gasteiger partial charge in [-0.05, 0) is 42.7 Å². The van der Waals surface area contributed by atoms with Crippen molar-refractivity contribution in [2.75, 3.05) is 6.61 Å². The summed E-state index contributed by atoms with van der Waals surface area (Å²) in [5.41, 5.74) is -2.52. The van der Waals surface area contributed by atoms with Gasteiger partial charge < -0.3 is 14.9 Å². The number of alkyl halides is 1. The first-order valence-electron chi connectivity index (χ1n) is 9.07. The lowest BCUT2D eigenvalue weighted by Crippen LogP contribution is -2.65. The summed E-state index contributed by atoms with van der Waals surface area (Å²) in [6, 6.07) is 6.53. The van der Waals surface area contributed by atoms with Crippen molar-refractivity contribution in [3.05, 3.63) is 59.2 Å².